The predicted molar refractivity (Wildman–Crippen MR) is 51.2 cm³/mol. The van der Waals surface area contributed by atoms with E-state index in [0.29, 0.717) is 11.5 Å². The maximum absolute atomic E-state index is 9.38. The monoisotopic (exact) mass is 195 g/mol. The van der Waals surface area contributed by atoms with Crippen LogP contribution in [0.15, 0.2) is 18.2 Å². The van der Waals surface area contributed by atoms with Gasteiger partial charge in [0.1, 0.15) is 0 Å². The second kappa shape index (κ2) is 3.48. The van der Waals surface area contributed by atoms with Gasteiger partial charge < -0.3 is 20.3 Å². The molecule has 0 amide bonds. The maximum atomic E-state index is 9.38. The van der Waals surface area contributed by atoms with E-state index in [-0.39, 0.29) is 6.79 Å². The van der Waals surface area contributed by atoms with Crippen LogP contribution in [0.4, 0.5) is 0 Å². The van der Waals surface area contributed by atoms with Crippen LogP contribution >= 0.6 is 0 Å². The molecule has 4 heteroatoms. The summed E-state index contributed by atoms with van der Waals surface area (Å²) in [5.41, 5.74) is 6.61. The molecular formula is C10H13NO3. The van der Waals surface area contributed by atoms with E-state index in [1.165, 1.54) is 0 Å². The van der Waals surface area contributed by atoms with Gasteiger partial charge in [-0.15, -0.1) is 0 Å². The summed E-state index contributed by atoms with van der Waals surface area (Å²) in [5.74, 6) is 1.35. The second-order valence-electron chi connectivity index (χ2n) is 3.35. The summed E-state index contributed by atoms with van der Waals surface area (Å²) in [6.07, 6.45) is -0.606. The van der Waals surface area contributed by atoms with Crippen LogP contribution in [0.25, 0.3) is 0 Å². The molecule has 0 bridgehead atoms. The zero-order valence-electron chi connectivity index (χ0n) is 7.93. The molecule has 1 aromatic carbocycles. The van der Waals surface area contributed by atoms with Crippen molar-refractivity contribution in [3.05, 3.63) is 23.8 Å². The van der Waals surface area contributed by atoms with Crippen molar-refractivity contribution < 1.29 is 14.6 Å². The normalized spacial score (nSPS) is 17.9. The standard InChI is InChI=1S/C10H13NO3/c1-6(12)9(11)7-3-2-4-8-10(7)14-5-13-8/h2-4,6,9,12H,5,11H2,1H3/t6-,9-/m0/s1. The lowest BCUT2D eigenvalue weighted by molar-refractivity contribution is 0.156. The molecule has 2 rings (SSSR count). The number of para-hydroxylation sites is 1. The molecule has 0 saturated heterocycles. The molecule has 0 fully saturated rings. The lowest BCUT2D eigenvalue weighted by atomic mass is 10.0. The Balaban J connectivity index is 2.39. The zero-order valence-corrected chi connectivity index (χ0v) is 7.93. The molecule has 1 aliphatic heterocycles. The Kier molecular flexibility index (Phi) is 2.31. The van der Waals surface area contributed by atoms with Crippen molar-refractivity contribution in [3.8, 4) is 11.5 Å². The third kappa shape index (κ3) is 1.42. The highest BCUT2D eigenvalue weighted by atomic mass is 16.7. The summed E-state index contributed by atoms with van der Waals surface area (Å²) in [6.45, 7) is 1.87. The first-order valence-corrected chi connectivity index (χ1v) is 4.52. The van der Waals surface area contributed by atoms with Gasteiger partial charge in [-0.2, -0.15) is 0 Å². The second-order valence-corrected chi connectivity index (χ2v) is 3.35. The first kappa shape index (κ1) is 9.30. The molecule has 14 heavy (non-hydrogen) atoms. The minimum atomic E-state index is -0.606. The van der Waals surface area contributed by atoms with Gasteiger partial charge in [0.15, 0.2) is 11.5 Å². The highest BCUT2D eigenvalue weighted by Gasteiger charge is 2.23. The van der Waals surface area contributed by atoms with E-state index in [1.54, 1.807) is 6.92 Å². The molecule has 0 saturated carbocycles. The van der Waals surface area contributed by atoms with Gasteiger partial charge in [0.05, 0.1) is 12.1 Å². The Bertz CT molecular complexity index is 338. The van der Waals surface area contributed by atoms with Crippen molar-refractivity contribution in [1.82, 2.24) is 0 Å². The minimum Gasteiger partial charge on any atom is -0.454 e. The molecule has 0 unspecified atom stereocenters. The topological polar surface area (TPSA) is 64.7 Å². The Hall–Kier alpha value is -1.26. The van der Waals surface area contributed by atoms with Crippen LogP contribution in [-0.4, -0.2) is 18.0 Å². The Morgan fingerprint density at radius 3 is 2.93 bits per heavy atom. The average Bonchev–Trinajstić information content (AvgIpc) is 2.63. The molecule has 1 aromatic rings. The number of rotatable bonds is 2. The quantitative estimate of drug-likeness (QED) is 0.732. The summed E-state index contributed by atoms with van der Waals surface area (Å²) in [5, 5.41) is 9.38. The minimum absolute atomic E-state index is 0.221. The van der Waals surface area contributed by atoms with Gasteiger partial charge in [0.25, 0.3) is 0 Å². The molecular weight excluding hydrogens is 182 g/mol. The van der Waals surface area contributed by atoms with Crippen molar-refractivity contribution in [2.24, 2.45) is 5.73 Å². The molecule has 0 aliphatic carbocycles. The van der Waals surface area contributed by atoms with Gasteiger partial charge >= 0.3 is 0 Å². The van der Waals surface area contributed by atoms with E-state index in [9.17, 15) is 5.11 Å². The van der Waals surface area contributed by atoms with E-state index < -0.39 is 12.1 Å². The number of hydrogen-bond donors (Lipinski definition) is 2. The molecule has 1 aliphatic rings. The number of ether oxygens (including phenoxy) is 2. The number of aliphatic hydroxyl groups is 1. The Morgan fingerprint density at radius 1 is 1.43 bits per heavy atom. The van der Waals surface area contributed by atoms with E-state index in [0.717, 1.165) is 5.56 Å². The van der Waals surface area contributed by atoms with Crippen molar-refractivity contribution in [3.63, 3.8) is 0 Å². The van der Waals surface area contributed by atoms with E-state index in [1.807, 2.05) is 18.2 Å². The fourth-order valence-corrected chi connectivity index (χ4v) is 1.48. The maximum Gasteiger partial charge on any atom is 0.231 e. The molecule has 3 N–H and O–H groups in total. The number of aliphatic hydroxyl groups excluding tert-OH is 1. The summed E-state index contributed by atoms with van der Waals surface area (Å²) < 4.78 is 10.5. The summed E-state index contributed by atoms with van der Waals surface area (Å²) >= 11 is 0. The highest BCUT2D eigenvalue weighted by Crippen LogP contribution is 2.38. The first-order chi connectivity index (χ1) is 6.70. The van der Waals surface area contributed by atoms with Crippen LogP contribution in [0.3, 0.4) is 0 Å². The van der Waals surface area contributed by atoms with Gasteiger partial charge in [-0.25, -0.2) is 0 Å². The number of nitrogens with two attached hydrogens (primary N) is 1. The molecule has 0 aromatic heterocycles. The smallest absolute Gasteiger partial charge is 0.231 e. The van der Waals surface area contributed by atoms with Gasteiger partial charge in [-0.3, -0.25) is 0 Å². The number of hydrogen-bond acceptors (Lipinski definition) is 4. The Morgan fingerprint density at radius 2 is 2.21 bits per heavy atom. The molecule has 4 nitrogen and oxygen atoms in total. The lowest BCUT2D eigenvalue weighted by Crippen LogP contribution is -2.23. The molecule has 1 heterocycles. The van der Waals surface area contributed by atoms with Gasteiger partial charge in [-0.05, 0) is 13.0 Å². The Labute approximate surface area is 82.2 Å². The molecule has 2 atom stereocenters. The lowest BCUT2D eigenvalue weighted by Gasteiger charge is -2.16. The van der Waals surface area contributed by atoms with Crippen LogP contribution < -0.4 is 15.2 Å². The highest BCUT2D eigenvalue weighted by molar-refractivity contribution is 5.49. The van der Waals surface area contributed by atoms with E-state index in [2.05, 4.69) is 0 Å². The zero-order chi connectivity index (χ0) is 10.1. The van der Waals surface area contributed by atoms with Crippen LogP contribution in [0.1, 0.15) is 18.5 Å². The summed E-state index contributed by atoms with van der Waals surface area (Å²) in [6, 6.07) is 5.06. The van der Waals surface area contributed by atoms with E-state index >= 15 is 0 Å². The SMILES string of the molecule is C[C@H](O)[C@H](N)c1cccc2c1OCO2. The predicted octanol–water partition coefficient (Wildman–Crippen LogP) is 0.796. The first-order valence-electron chi connectivity index (χ1n) is 4.52. The number of fused-ring (bicyclic) bond motifs is 1. The average molecular weight is 195 g/mol. The molecule has 0 spiro atoms. The van der Waals surface area contributed by atoms with Crippen LogP contribution in [0, 0.1) is 0 Å². The van der Waals surface area contributed by atoms with Crippen LogP contribution in [-0.2, 0) is 0 Å². The van der Waals surface area contributed by atoms with Crippen molar-refractivity contribution in [1.29, 1.82) is 0 Å². The molecule has 76 valence electrons. The third-order valence-corrected chi connectivity index (χ3v) is 2.31. The van der Waals surface area contributed by atoms with Crippen LogP contribution in [0.2, 0.25) is 0 Å². The van der Waals surface area contributed by atoms with Crippen LogP contribution in [0.5, 0.6) is 11.5 Å². The van der Waals surface area contributed by atoms with Crippen molar-refractivity contribution >= 4 is 0 Å². The fourth-order valence-electron chi connectivity index (χ4n) is 1.48. The van der Waals surface area contributed by atoms with Gasteiger partial charge in [0, 0.05) is 5.56 Å². The summed E-state index contributed by atoms with van der Waals surface area (Å²) in [7, 11) is 0. The largest absolute Gasteiger partial charge is 0.454 e. The molecule has 0 radical (unpaired) electrons. The van der Waals surface area contributed by atoms with Crippen molar-refractivity contribution in [2.75, 3.05) is 6.79 Å². The van der Waals surface area contributed by atoms with Crippen molar-refractivity contribution in [2.45, 2.75) is 19.1 Å². The fraction of sp³-hybridized carbons (Fsp3) is 0.400. The third-order valence-electron chi connectivity index (χ3n) is 2.31. The van der Waals surface area contributed by atoms with Gasteiger partial charge in [0.2, 0.25) is 6.79 Å². The van der Waals surface area contributed by atoms with Gasteiger partial charge in [-0.1, -0.05) is 12.1 Å². The summed E-state index contributed by atoms with van der Waals surface area (Å²) in [4.78, 5) is 0. The van der Waals surface area contributed by atoms with E-state index in [4.69, 9.17) is 15.2 Å². The number of benzene rings is 1.